The largest absolute Gasteiger partial charge is 0.496 e. The van der Waals surface area contributed by atoms with Crippen LogP contribution in [0.4, 0.5) is 0 Å². The van der Waals surface area contributed by atoms with E-state index in [9.17, 15) is 0 Å². The summed E-state index contributed by atoms with van der Waals surface area (Å²) in [5.41, 5.74) is 2.91. The minimum absolute atomic E-state index is 0.539. The summed E-state index contributed by atoms with van der Waals surface area (Å²) in [6.45, 7) is 3.97. The van der Waals surface area contributed by atoms with Gasteiger partial charge in [-0.05, 0) is 41.1 Å². The van der Waals surface area contributed by atoms with Crippen LogP contribution in [0.2, 0.25) is 0 Å². The van der Waals surface area contributed by atoms with Crippen LogP contribution in [0.15, 0.2) is 58.3 Å². The van der Waals surface area contributed by atoms with E-state index < -0.39 is 0 Å². The van der Waals surface area contributed by atoms with Crippen molar-refractivity contribution >= 4 is 27.5 Å². The van der Waals surface area contributed by atoms with Crippen molar-refractivity contribution in [3.05, 3.63) is 64.5 Å². The molecule has 7 heteroatoms. The lowest BCUT2D eigenvalue weighted by Crippen LogP contribution is -2.36. The van der Waals surface area contributed by atoms with Gasteiger partial charge in [-0.15, -0.1) is 0 Å². The first-order valence-electron chi connectivity index (χ1n) is 8.47. The molecule has 0 amide bonds. The molecule has 0 atom stereocenters. The zero-order chi connectivity index (χ0) is 18.4. The van der Waals surface area contributed by atoms with Crippen LogP contribution >= 0.6 is 15.9 Å². The Morgan fingerprint density at radius 1 is 1.19 bits per heavy atom. The second-order valence-corrected chi connectivity index (χ2v) is 6.62. The second-order valence-electron chi connectivity index (χ2n) is 5.71. The molecule has 0 saturated carbocycles. The number of aliphatic imine (C=N–C) groups is 1. The minimum Gasteiger partial charge on any atom is -0.496 e. The quantitative estimate of drug-likeness (QED) is 0.478. The molecule has 0 aliphatic heterocycles. The number of nitrogens with one attached hydrogen (secondary N) is 2. The molecule has 2 aromatic heterocycles. The van der Waals surface area contributed by atoms with Crippen LogP contribution in [0.25, 0.3) is 5.65 Å². The van der Waals surface area contributed by atoms with E-state index >= 15 is 0 Å². The molecule has 0 bridgehead atoms. The minimum atomic E-state index is 0.539. The van der Waals surface area contributed by atoms with Gasteiger partial charge in [0, 0.05) is 29.0 Å². The Bertz CT molecular complexity index is 906. The van der Waals surface area contributed by atoms with Gasteiger partial charge in [-0.25, -0.2) is 9.98 Å². The fourth-order valence-electron chi connectivity index (χ4n) is 2.62. The van der Waals surface area contributed by atoms with Gasteiger partial charge in [0.2, 0.25) is 0 Å². The average molecular weight is 416 g/mol. The van der Waals surface area contributed by atoms with E-state index in [0.29, 0.717) is 13.1 Å². The van der Waals surface area contributed by atoms with Gasteiger partial charge in [0.25, 0.3) is 0 Å². The molecule has 1 aromatic carbocycles. The fourth-order valence-corrected chi connectivity index (χ4v) is 2.97. The van der Waals surface area contributed by atoms with Gasteiger partial charge in [-0.2, -0.15) is 0 Å². The lowest BCUT2D eigenvalue weighted by atomic mass is 10.2. The first kappa shape index (κ1) is 18.3. The number of pyridine rings is 1. The number of para-hydroxylation sites is 1. The van der Waals surface area contributed by atoms with Crippen molar-refractivity contribution in [3.63, 3.8) is 0 Å². The van der Waals surface area contributed by atoms with Crippen molar-refractivity contribution in [1.82, 2.24) is 20.0 Å². The normalized spacial score (nSPS) is 11.6. The van der Waals surface area contributed by atoms with Gasteiger partial charge in [0.15, 0.2) is 5.96 Å². The van der Waals surface area contributed by atoms with E-state index in [1.54, 1.807) is 7.11 Å². The molecule has 3 rings (SSSR count). The number of fused-ring (bicyclic) bond motifs is 1. The second kappa shape index (κ2) is 8.71. The first-order chi connectivity index (χ1) is 12.7. The monoisotopic (exact) mass is 415 g/mol. The van der Waals surface area contributed by atoms with E-state index in [4.69, 9.17) is 4.74 Å². The van der Waals surface area contributed by atoms with E-state index in [1.165, 1.54) is 0 Å². The van der Waals surface area contributed by atoms with E-state index in [0.717, 1.165) is 39.6 Å². The number of hydrogen-bond donors (Lipinski definition) is 2. The van der Waals surface area contributed by atoms with Crippen LogP contribution in [0, 0.1) is 0 Å². The number of rotatable bonds is 6. The Morgan fingerprint density at radius 3 is 2.85 bits per heavy atom. The zero-order valence-electron chi connectivity index (χ0n) is 14.9. The third kappa shape index (κ3) is 4.54. The van der Waals surface area contributed by atoms with Gasteiger partial charge in [0.05, 0.1) is 25.9 Å². The molecule has 0 radical (unpaired) electrons. The molecule has 0 aliphatic rings. The summed E-state index contributed by atoms with van der Waals surface area (Å²) >= 11 is 3.48. The number of imidazole rings is 1. The van der Waals surface area contributed by atoms with Crippen LogP contribution in [-0.4, -0.2) is 29.0 Å². The van der Waals surface area contributed by atoms with E-state index in [1.807, 2.05) is 60.1 Å². The number of guanidine groups is 1. The number of halogens is 1. The lowest BCUT2D eigenvalue weighted by molar-refractivity contribution is 0.410. The van der Waals surface area contributed by atoms with Crippen LogP contribution in [0.3, 0.4) is 0 Å². The summed E-state index contributed by atoms with van der Waals surface area (Å²) in [6.07, 6.45) is 4.00. The highest BCUT2D eigenvalue weighted by Gasteiger charge is 2.05. The maximum absolute atomic E-state index is 5.38. The third-order valence-electron chi connectivity index (χ3n) is 3.85. The van der Waals surface area contributed by atoms with Crippen molar-refractivity contribution in [2.75, 3.05) is 13.7 Å². The first-order valence-corrected chi connectivity index (χ1v) is 9.26. The van der Waals surface area contributed by atoms with Crippen LogP contribution < -0.4 is 15.4 Å². The molecule has 0 saturated heterocycles. The molecule has 0 unspecified atom stereocenters. The summed E-state index contributed by atoms with van der Waals surface area (Å²) in [4.78, 5) is 9.26. The molecule has 2 heterocycles. The lowest BCUT2D eigenvalue weighted by Gasteiger charge is -2.11. The molecule has 0 fully saturated rings. The number of ether oxygens (including phenoxy) is 1. The topological polar surface area (TPSA) is 63.0 Å². The van der Waals surface area contributed by atoms with Crippen LogP contribution in [0.5, 0.6) is 5.75 Å². The van der Waals surface area contributed by atoms with Crippen molar-refractivity contribution in [2.24, 2.45) is 4.99 Å². The fraction of sp³-hybridized carbons (Fsp3) is 0.263. The van der Waals surface area contributed by atoms with Gasteiger partial charge in [-0.1, -0.05) is 18.2 Å². The molecule has 2 N–H and O–H groups in total. The third-order valence-corrected chi connectivity index (χ3v) is 4.32. The Labute approximate surface area is 161 Å². The van der Waals surface area contributed by atoms with E-state index in [2.05, 4.69) is 36.5 Å². The van der Waals surface area contributed by atoms with Crippen LogP contribution in [-0.2, 0) is 13.1 Å². The smallest absolute Gasteiger partial charge is 0.191 e. The van der Waals surface area contributed by atoms with Gasteiger partial charge >= 0.3 is 0 Å². The van der Waals surface area contributed by atoms with Crippen molar-refractivity contribution < 1.29 is 4.74 Å². The summed E-state index contributed by atoms with van der Waals surface area (Å²) in [5.74, 6) is 1.59. The molecular formula is C19H22BrN5O. The number of nitrogens with zero attached hydrogens (tertiary/aromatic N) is 3. The highest BCUT2D eigenvalue weighted by Crippen LogP contribution is 2.18. The predicted molar refractivity (Wildman–Crippen MR) is 108 cm³/mol. The van der Waals surface area contributed by atoms with Gasteiger partial charge in [-0.3, -0.25) is 0 Å². The van der Waals surface area contributed by atoms with E-state index in [-0.39, 0.29) is 0 Å². The highest BCUT2D eigenvalue weighted by atomic mass is 79.9. The Kier molecular flexibility index (Phi) is 6.12. The summed E-state index contributed by atoms with van der Waals surface area (Å²) in [7, 11) is 1.67. The number of benzene rings is 1. The number of methoxy groups -OCH3 is 1. The highest BCUT2D eigenvalue weighted by molar-refractivity contribution is 9.10. The number of hydrogen-bond acceptors (Lipinski definition) is 3. The van der Waals surface area contributed by atoms with Crippen LogP contribution in [0.1, 0.15) is 18.2 Å². The van der Waals surface area contributed by atoms with Crippen molar-refractivity contribution in [1.29, 1.82) is 0 Å². The van der Waals surface area contributed by atoms with Crippen molar-refractivity contribution in [3.8, 4) is 5.75 Å². The van der Waals surface area contributed by atoms with Crippen molar-refractivity contribution in [2.45, 2.75) is 20.0 Å². The summed E-state index contributed by atoms with van der Waals surface area (Å²) < 4.78 is 8.41. The SMILES string of the molecule is CCNC(=NCc1ccccc1OC)NCc1cn2cc(Br)ccc2n1. The molecule has 136 valence electrons. The molecule has 0 spiro atoms. The summed E-state index contributed by atoms with van der Waals surface area (Å²) in [5, 5.41) is 6.59. The Hall–Kier alpha value is -2.54. The standard InChI is InChI=1S/C19H22BrN5O/c1-3-21-19(22-10-14-6-4-5-7-17(14)26-2)23-11-16-13-25-12-15(20)8-9-18(25)24-16/h4-9,12-13H,3,10-11H2,1-2H3,(H2,21,22,23). The Balaban J connectivity index is 1.69. The molecule has 0 aliphatic carbocycles. The summed E-state index contributed by atoms with van der Waals surface area (Å²) in [6, 6.07) is 11.9. The maximum atomic E-state index is 5.38. The molecule has 3 aromatic rings. The predicted octanol–water partition coefficient (Wildman–Crippen LogP) is 3.36. The van der Waals surface area contributed by atoms with Gasteiger partial charge < -0.3 is 19.8 Å². The average Bonchev–Trinajstić information content (AvgIpc) is 3.06. The number of aromatic nitrogens is 2. The zero-order valence-corrected chi connectivity index (χ0v) is 16.5. The molecule has 26 heavy (non-hydrogen) atoms. The maximum Gasteiger partial charge on any atom is 0.191 e. The van der Waals surface area contributed by atoms with Gasteiger partial charge in [0.1, 0.15) is 11.4 Å². The Morgan fingerprint density at radius 2 is 2.04 bits per heavy atom. The molecule has 6 nitrogen and oxygen atoms in total. The molecular weight excluding hydrogens is 394 g/mol.